The Morgan fingerprint density at radius 2 is 1.90 bits per heavy atom. The summed E-state index contributed by atoms with van der Waals surface area (Å²) in [7, 11) is 1.38. The maximum Gasteiger partial charge on any atom is 0.417 e. The first-order valence-corrected chi connectivity index (χ1v) is 13.5. The highest BCUT2D eigenvalue weighted by Crippen LogP contribution is 2.48. The molecule has 0 spiro atoms. The Labute approximate surface area is 234 Å². The number of hydrogen-bond donors (Lipinski definition) is 2. The van der Waals surface area contributed by atoms with Gasteiger partial charge >= 0.3 is 6.18 Å². The van der Waals surface area contributed by atoms with Crippen molar-refractivity contribution in [3.63, 3.8) is 0 Å². The summed E-state index contributed by atoms with van der Waals surface area (Å²) in [6.45, 7) is 2.11. The van der Waals surface area contributed by atoms with Gasteiger partial charge in [-0.2, -0.15) is 23.4 Å². The minimum absolute atomic E-state index is 0.0780. The van der Waals surface area contributed by atoms with E-state index < -0.39 is 40.4 Å². The van der Waals surface area contributed by atoms with Crippen molar-refractivity contribution in [3.05, 3.63) is 41.0 Å². The van der Waals surface area contributed by atoms with Crippen LogP contribution in [0.5, 0.6) is 0 Å². The summed E-state index contributed by atoms with van der Waals surface area (Å²) >= 11 is 0.693. The van der Waals surface area contributed by atoms with Crippen molar-refractivity contribution in [3.8, 4) is 17.2 Å². The fourth-order valence-corrected chi connectivity index (χ4v) is 6.65. The van der Waals surface area contributed by atoms with Crippen LogP contribution < -0.4 is 20.9 Å². The highest BCUT2D eigenvalue weighted by molar-refractivity contribution is 7.23. The molecule has 4 aromatic rings. The van der Waals surface area contributed by atoms with Gasteiger partial charge in [0.1, 0.15) is 28.2 Å². The number of nitrogens with two attached hydrogens (primary N) is 1. The number of halogens is 5. The Morgan fingerprint density at radius 1 is 1.22 bits per heavy atom. The van der Waals surface area contributed by atoms with Crippen molar-refractivity contribution in [1.29, 1.82) is 5.26 Å². The van der Waals surface area contributed by atoms with Gasteiger partial charge in [0.25, 0.3) is 0 Å². The van der Waals surface area contributed by atoms with Crippen LogP contribution in [0, 0.1) is 23.0 Å². The largest absolute Gasteiger partial charge is 0.417 e. The molecule has 2 atom stereocenters. The molecule has 6 rings (SSSR count). The molecule has 41 heavy (non-hydrogen) atoms. The zero-order chi connectivity index (χ0) is 29.4. The van der Waals surface area contributed by atoms with Gasteiger partial charge in [0.15, 0.2) is 5.82 Å². The fourth-order valence-electron chi connectivity index (χ4n) is 5.70. The van der Waals surface area contributed by atoms with Crippen molar-refractivity contribution < 1.29 is 26.7 Å². The van der Waals surface area contributed by atoms with Crippen molar-refractivity contribution in [2.24, 2.45) is 0 Å². The molecular formula is C27H22F5N7OS. The van der Waals surface area contributed by atoms with Gasteiger partial charge < -0.3 is 16.0 Å². The second-order valence-electron chi connectivity index (χ2n) is 10.2. The quantitative estimate of drug-likeness (QED) is 0.318. The van der Waals surface area contributed by atoms with Gasteiger partial charge in [0.2, 0.25) is 11.9 Å². The Kier molecular flexibility index (Phi) is 6.27. The van der Waals surface area contributed by atoms with E-state index in [1.54, 1.807) is 11.0 Å². The van der Waals surface area contributed by atoms with Gasteiger partial charge in [0.05, 0.1) is 15.8 Å². The number of benzene rings is 2. The van der Waals surface area contributed by atoms with Crippen LogP contribution in [0.15, 0.2) is 18.2 Å². The molecule has 2 saturated heterocycles. The summed E-state index contributed by atoms with van der Waals surface area (Å²) in [5.41, 5.74) is 2.62. The molecule has 0 saturated carbocycles. The summed E-state index contributed by atoms with van der Waals surface area (Å²) in [6.07, 6.45) is -3.29. The molecule has 0 unspecified atom stereocenters. The van der Waals surface area contributed by atoms with Gasteiger partial charge in [-0.15, -0.1) is 11.3 Å². The lowest BCUT2D eigenvalue weighted by Crippen LogP contribution is -2.51. The predicted octanol–water partition coefficient (Wildman–Crippen LogP) is 5.19. The average Bonchev–Trinajstić information content (AvgIpc) is 3.45. The number of thiophene rings is 1. The number of hydrogen-bond acceptors (Lipinski definition) is 8. The lowest BCUT2D eigenvalue weighted by Gasteiger charge is -2.35. The van der Waals surface area contributed by atoms with Crippen molar-refractivity contribution in [1.82, 2.24) is 15.3 Å². The SMILES string of the molecule is CC(=O)N(C)c1nc(N2C[C@H]3CC[C@@H](C2)N3)c2cc(C(F)(F)F)c(-c3ccc(F)c4sc(N)c(C#N)c34)c(F)c2n1. The van der Waals surface area contributed by atoms with Crippen LogP contribution in [0.25, 0.3) is 32.1 Å². The van der Waals surface area contributed by atoms with E-state index in [1.807, 2.05) is 0 Å². The number of alkyl halides is 3. The number of nitrogens with one attached hydrogen (secondary N) is 1. The summed E-state index contributed by atoms with van der Waals surface area (Å²) in [5.74, 6) is -2.71. The first kappa shape index (κ1) is 27.1. The molecule has 1 amide bonds. The molecule has 8 nitrogen and oxygen atoms in total. The molecule has 2 aromatic carbocycles. The van der Waals surface area contributed by atoms with Crippen molar-refractivity contribution in [2.75, 3.05) is 35.7 Å². The third-order valence-electron chi connectivity index (χ3n) is 7.69. The molecule has 2 aromatic heterocycles. The number of amides is 1. The Hall–Kier alpha value is -4.09. The normalized spacial score (nSPS) is 18.7. The molecule has 0 radical (unpaired) electrons. The van der Waals surface area contributed by atoms with Gasteiger partial charge in [-0.1, -0.05) is 6.07 Å². The van der Waals surface area contributed by atoms with Crippen molar-refractivity contribution >= 4 is 55.0 Å². The number of piperazine rings is 1. The lowest BCUT2D eigenvalue weighted by molar-refractivity contribution is -0.137. The van der Waals surface area contributed by atoms with Crippen LogP contribution in [-0.4, -0.2) is 48.1 Å². The Morgan fingerprint density at radius 3 is 2.51 bits per heavy atom. The van der Waals surface area contributed by atoms with E-state index in [1.165, 1.54) is 14.0 Å². The zero-order valence-electron chi connectivity index (χ0n) is 21.7. The first-order valence-electron chi connectivity index (χ1n) is 12.7. The number of rotatable bonds is 3. The third kappa shape index (κ3) is 4.31. The van der Waals surface area contributed by atoms with E-state index in [-0.39, 0.29) is 55.5 Å². The van der Waals surface area contributed by atoms with Crippen LogP contribution in [0.2, 0.25) is 0 Å². The summed E-state index contributed by atoms with van der Waals surface area (Å²) < 4.78 is 75.2. The molecule has 4 heterocycles. The summed E-state index contributed by atoms with van der Waals surface area (Å²) in [4.78, 5) is 23.7. The smallest absolute Gasteiger partial charge is 0.389 e. The van der Waals surface area contributed by atoms with Gasteiger partial charge in [-0.05, 0) is 30.5 Å². The highest BCUT2D eigenvalue weighted by Gasteiger charge is 2.40. The van der Waals surface area contributed by atoms with Gasteiger partial charge in [-0.3, -0.25) is 9.69 Å². The standard InChI is InChI=1S/C27H22F5N7OS/c1-11(40)38(2)26-36-22-15(25(37-26)39-9-12-3-4-13(10-39)35-12)7-17(27(30,31)32)20(21(22)29)14-5-6-18(28)23-19(14)16(8-33)24(34)41-23/h5-7,12-13,35H,3-4,9-10,34H2,1-2H3/t12-,13+. The molecular weight excluding hydrogens is 565 g/mol. The number of nitrogen functional groups attached to an aromatic ring is 1. The Bertz CT molecular complexity index is 1790. The minimum Gasteiger partial charge on any atom is -0.389 e. The van der Waals surface area contributed by atoms with Crippen LogP contribution >= 0.6 is 11.3 Å². The number of anilines is 3. The molecule has 2 bridgehead atoms. The molecule has 2 aliphatic heterocycles. The van der Waals surface area contributed by atoms with Crippen LogP contribution in [0.4, 0.5) is 38.7 Å². The van der Waals surface area contributed by atoms with E-state index in [0.717, 1.165) is 35.9 Å². The van der Waals surface area contributed by atoms with Gasteiger partial charge in [0, 0.05) is 55.5 Å². The van der Waals surface area contributed by atoms with E-state index >= 15 is 4.39 Å². The molecule has 14 heteroatoms. The van der Waals surface area contributed by atoms with Crippen LogP contribution in [0.3, 0.4) is 0 Å². The topological polar surface area (TPSA) is 111 Å². The van der Waals surface area contributed by atoms with Crippen LogP contribution in [0.1, 0.15) is 30.9 Å². The van der Waals surface area contributed by atoms with E-state index in [4.69, 9.17) is 5.73 Å². The highest BCUT2D eigenvalue weighted by atomic mass is 32.1. The van der Waals surface area contributed by atoms with Crippen molar-refractivity contribution in [2.45, 2.75) is 38.0 Å². The number of fused-ring (bicyclic) bond motifs is 4. The van der Waals surface area contributed by atoms with Gasteiger partial charge in [-0.25, -0.2) is 13.8 Å². The molecule has 2 aliphatic rings. The van der Waals surface area contributed by atoms with E-state index in [0.29, 0.717) is 24.4 Å². The third-order valence-corrected chi connectivity index (χ3v) is 8.72. The van der Waals surface area contributed by atoms with E-state index in [9.17, 15) is 27.6 Å². The number of nitriles is 1. The summed E-state index contributed by atoms with van der Waals surface area (Å²) in [5, 5.41) is 12.6. The molecule has 0 aliphatic carbocycles. The van der Waals surface area contributed by atoms with Crippen LogP contribution in [-0.2, 0) is 11.0 Å². The number of carbonyl (C=O) groups excluding carboxylic acids is 1. The van der Waals surface area contributed by atoms with E-state index in [2.05, 4.69) is 15.3 Å². The maximum absolute atomic E-state index is 16.6. The predicted molar refractivity (Wildman–Crippen MR) is 146 cm³/mol. The summed E-state index contributed by atoms with van der Waals surface area (Å²) in [6, 6.07) is 4.68. The number of nitrogens with zero attached hydrogens (tertiary/aromatic N) is 5. The average molecular weight is 588 g/mol. The maximum atomic E-state index is 16.6. The number of carbonyl (C=O) groups is 1. The second-order valence-corrected chi connectivity index (χ2v) is 11.3. The number of aromatic nitrogens is 2. The monoisotopic (exact) mass is 587 g/mol. The fraction of sp³-hybridized carbons (Fsp3) is 0.333. The molecule has 212 valence electrons. The molecule has 3 N–H and O–H groups in total. The lowest BCUT2D eigenvalue weighted by atomic mass is 9.92. The minimum atomic E-state index is -5.05. The first-order chi connectivity index (χ1) is 19.4. The molecule has 2 fully saturated rings. The zero-order valence-corrected chi connectivity index (χ0v) is 22.6. The second kappa shape index (κ2) is 9.49. The Balaban J connectivity index is 1.72.